The fourth-order valence-electron chi connectivity index (χ4n) is 0.804. The average molecular weight is 218 g/mol. The molecule has 0 saturated heterocycles. The maximum Gasteiger partial charge on any atom is 0.169 e. The number of carbonyl (C=O) groups excluding carboxylic acids is 1. The van der Waals surface area contributed by atoms with Gasteiger partial charge in [-0.05, 0) is 12.1 Å². The van der Waals surface area contributed by atoms with Crippen LogP contribution in [0.3, 0.4) is 0 Å². The third-order valence-electron chi connectivity index (χ3n) is 1.34. The standard InChI is InChI=1S/C9H8ClNO.ClH/c1-7(10)5-9(12)8-3-2-4-11-6-8;/h2-4,6H,1,5H2;1H. The number of hydrogen-bond acceptors (Lipinski definition) is 2. The van der Waals surface area contributed by atoms with Crippen LogP contribution in [0.4, 0.5) is 0 Å². The molecule has 0 unspecified atom stereocenters. The summed E-state index contributed by atoms with van der Waals surface area (Å²) in [6.45, 7) is 3.44. The van der Waals surface area contributed by atoms with E-state index in [2.05, 4.69) is 11.6 Å². The highest BCUT2D eigenvalue weighted by atomic mass is 35.5. The van der Waals surface area contributed by atoms with Gasteiger partial charge in [-0.3, -0.25) is 9.78 Å². The number of hydrogen-bond donors (Lipinski definition) is 0. The van der Waals surface area contributed by atoms with E-state index in [0.29, 0.717) is 10.6 Å². The normalized spacial score (nSPS) is 8.69. The lowest BCUT2D eigenvalue weighted by molar-refractivity contribution is 0.0994. The molecular formula is C9H9Cl2NO. The first kappa shape index (κ1) is 12.1. The van der Waals surface area contributed by atoms with E-state index in [4.69, 9.17) is 11.6 Å². The zero-order chi connectivity index (χ0) is 8.97. The number of pyridine rings is 1. The van der Waals surface area contributed by atoms with E-state index in [9.17, 15) is 4.79 Å². The van der Waals surface area contributed by atoms with E-state index in [0.717, 1.165) is 0 Å². The predicted molar refractivity (Wildman–Crippen MR) is 55.4 cm³/mol. The number of nitrogens with zero attached hydrogens (tertiary/aromatic N) is 1. The molecule has 4 heteroatoms. The highest BCUT2D eigenvalue weighted by Crippen LogP contribution is 2.09. The van der Waals surface area contributed by atoms with Gasteiger partial charge in [0.2, 0.25) is 0 Å². The Labute approximate surface area is 88.0 Å². The monoisotopic (exact) mass is 217 g/mol. The third kappa shape index (κ3) is 4.06. The molecule has 0 aliphatic carbocycles. The smallest absolute Gasteiger partial charge is 0.169 e. The molecule has 70 valence electrons. The van der Waals surface area contributed by atoms with Gasteiger partial charge >= 0.3 is 0 Å². The van der Waals surface area contributed by atoms with E-state index in [1.807, 2.05) is 0 Å². The highest BCUT2D eigenvalue weighted by Gasteiger charge is 2.05. The van der Waals surface area contributed by atoms with Crippen LogP contribution in [0.25, 0.3) is 0 Å². The minimum Gasteiger partial charge on any atom is -0.294 e. The van der Waals surface area contributed by atoms with E-state index in [-0.39, 0.29) is 24.6 Å². The number of carbonyl (C=O) groups is 1. The molecule has 0 atom stereocenters. The van der Waals surface area contributed by atoms with Crippen molar-refractivity contribution >= 4 is 29.8 Å². The Morgan fingerprint density at radius 1 is 1.62 bits per heavy atom. The van der Waals surface area contributed by atoms with Crippen molar-refractivity contribution in [2.45, 2.75) is 6.42 Å². The molecule has 2 nitrogen and oxygen atoms in total. The van der Waals surface area contributed by atoms with Gasteiger partial charge in [-0.25, -0.2) is 0 Å². The van der Waals surface area contributed by atoms with Gasteiger partial charge in [-0.2, -0.15) is 0 Å². The van der Waals surface area contributed by atoms with Crippen molar-refractivity contribution in [3.8, 4) is 0 Å². The lowest BCUT2D eigenvalue weighted by Gasteiger charge is -1.96. The van der Waals surface area contributed by atoms with Crippen LogP contribution in [0.2, 0.25) is 0 Å². The summed E-state index contributed by atoms with van der Waals surface area (Å²) in [5.74, 6) is -0.0527. The van der Waals surface area contributed by atoms with Crippen LogP contribution < -0.4 is 0 Å². The maximum atomic E-state index is 11.3. The van der Waals surface area contributed by atoms with Crippen molar-refractivity contribution in [1.82, 2.24) is 4.98 Å². The van der Waals surface area contributed by atoms with Gasteiger partial charge in [0.1, 0.15) is 0 Å². The van der Waals surface area contributed by atoms with Gasteiger partial charge in [-0.1, -0.05) is 18.2 Å². The minimum atomic E-state index is -0.0527. The molecule has 0 aliphatic heterocycles. The van der Waals surface area contributed by atoms with Gasteiger partial charge in [-0.15, -0.1) is 12.4 Å². The van der Waals surface area contributed by atoms with Gasteiger partial charge < -0.3 is 0 Å². The first-order chi connectivity index (χ1) is 5.70. The molecule has 1 heterocycles. The largest absolute Gasteiger partial charge is 0.294 e. The molecule has 13 heavy (non-hydrogen) atoms. The summed E-state index contributed by atoms with van der Waals surface area (Å²) in [6.07, 6.45) is 3.31. The number of Topliss-reactive ketones (excluding diaryl/α,β-unsaturated/α-hetero) is 1. The second kappa shape index (κ2) is 5.73. The molecule has 0 aliphatic rings. The number of allylic oxidation sites excluding steroid dienone is 1. The van der Waals surface area contributed by atoms with Crippen molar-refractivity contribution in [3.63, 3.8) is 0 Å². The molecular weight excluding hydrogens is 209 g/mol. The molecule has 0 amide bonds. The lowest BCUT2D eigenvalue weighted by Crippen LogP contribution is -1.98. The van der Waals surface area contributed by atoms with Crippen molar-refractivity contribution in [1.29, 1.82) is 0 Å². The van der Waals surface area contributed by atoms with E-state index in [1.165, 1.54) is 6.20 Å². The summed E-state index contributed by atoms with van der Waals surface area (Å²) in [5.41, 5.74) is 0.569. The molecule has 0 N–H and O–H groups in total. The Balaban J connectivity index is 0.00000144. The fraction of sp³-hybridized carbons (Fsp3) is 0.111. The van der Waals surface area contributed by atoms with Crippen LogP contribution in [-0.4, -0.2) is 10.8 Å². The predicted octanol–water partition coefficient (Wildman–Crippen LogP) is 2.83. The average Bonchev–Trinajstić information content (AvgIpc) is 2.05. The Morgan fingerprint density at radius 3 is 2.77 bits per heavy atom. The number of halogens is 2. The first-order valence-corrected chi connectivity index (χ1v) is 3.84. The van der Waals surface area contributed by atoms with Crippen molar-refractivity contribution in [2.75, 3.05) is 0 Å². The van der Waals surface area contributed by atoms with Gasteiger partial charge in [0.05, 0.1) is 0 Å². The van der Waals surface area contributed by atoms with Crippen molar-refractivity contribution in [2.24, 2.45) is 0 Å². The quantitative estimate of drug-likeness (QED) is 0.730. The summed E-state index contributed by atoms with van der Waals surface area (Å²) in [4.78, 5) is 15.1. The van der Waals surface area contributed by atoms with Crippen LogP contribution in [0.1, 0.15) is 16.8 Å². The Kier molecular flexibility index (Phi) is 5.35. The number of ketones is 1. The molecule has 1 rings (SSSR count). The third-order valence-corrected chi connectivity index (χ3v) is 1.47. The Morgan fingerprint density at radius 2 is 2.31 bits per heavy atom. The van der Waals surface area contributed by atoms with Crippen LogP contribution >= 0.6 is 24.0 Å². The zero-order valence-corrected chi connectivity index (χ0v) is 8.44. The van der Waals surface area contributed by atoms with Crippen LogP contribution in [0.15, 0.2) is 36.1 Å². The Bertz CT molecular complexity index is 298. The molecule has 0 bridgehead atoms. The summed E-state index contributed by atoms with van der Waals surface area (Å²) < 4.78 is 0. The first-order valence-electron chi connectivity index (χ1n) is 3.46. The second-order valence-corrected chi connectivity index (χ2v) is 2.89. The maximum absolute atomic E-state index is 11.3. The van der Waals surface area contributed by atoms with Gasteiger partial charge in [0.25, 0.3) is 0 Å². The summed E-state index contributed by atoms with van der Waals surface area (Å²) in [5, 5.41) is 0.351. The number of aromatic nitrogens is 1. The van der Waals surface area contributed by atoms with E-state index < -0.39 is 0 Å². The topological polar surface area (TPSA) is 30.0 Å². The fourth-order valence-corrected chi connectivity index (χ4v) is 0.925. The molecule has 1 aromatic rings. The highest BCUT2D eigenvalue weighted by molar-refractivity contribution is 6.31. The minimum absolute atomic E-state index is 0. The van der Waals surface area contributed by atoms with Crippen molar-refractivity contribution in [3.05, 3.63) is 41.7 Å². The molecule has 0 aromatic carbocycles. The molecule has 1 aromatic heterocycles. The SMILES string of the molecule is C=C(Cl)CC(=O)c1cccnc1.Cl. The van der Waals surface area contributed by atoms with Crippen molar-refractivity contribution < 1.29 is 4.79 Å². The zero-order valence-electron chi connectivity index (χ0n) is 6.87. The number of rotatable bonds is 3. The molecule has 0 saturated carbocycles. The van der Waals surface area contributed by atoms with Crippen LogP contribution in [-0.2, 0) is 0 Å². The van der Waals surface area contributed by atoms with Crippen LogP contribution in [0.5, 0.6) is 0 Å². The molecule has 0 spiro atoms. The summed E-state index contributed by atoms with van der Waals surface area (Å²) in [6, 6.07) is 3.42. The summed E-state index contributed by atoms with van der Waals surface area (Å²) >= 11 is 5.49. The van der Waals surface area contributed by atoms with Gasteiger partial charge in [0, 0.05) is 29.4 Å². The van der Waals surface area contributed by atoms with Crippen LogP contribution in [0, 0.1) is 0 Å². The second-order valence-electron chi connectivity index (χ2n) is 2.36. The molecule has 0 fully saturated rings. The molecule has 0 radical (unpaired) electrons. The van der Waals surface area contributed by atoms with E-state index in [1.54, 1.807) is 18.3 Å². The Hall–Kier alpha value is -0.860. The summed E-state index contributed by atoms with van der Waals surface area (Å²) in [7, 11) is 0. The van der Waals surface area contributed by atoms with E-state index >= 15 is 0 Å². The lowest BCUT2D eigenvalue weighted by atomic mass is 10.1. The van der Waals surface area contributed by atoms with Gasteiger partial charge in [0.15, 0.2) is 5.78 Å².